The van der Waals surface area contributed by atoms with Crippen LogP contribution >= 0.6 is 0 Å². The van der Waals surface area contributed by atoms with Crippen LogP contribution in [0.25, 0.3) is 0 Å². The number of benzene rings is 2. The van der Waals surface area contributed by atoms with Gasteiger partial charge in [-0.05, 0) is 37.1 Å². The summed E-state index contributed by atoms with van der Waals surface area (Å²) in [5.41, 5.74) is 7.52. The van der Waals surface area contributed by atoms with Gasteiger partial charge < -0.3 is 10.5 Å². The van der Waals surface area contributed by atoms with E-state index in [0.29, 0.717) is 22.9 Å². The molecule has 3 rings (SSSR count). The van der Waals surface area contributed by atoms with Crippen molar-refractivity contribution >= 4 is 11.5 Å². The van der Waals surface area contributed by atoms with Crippen molar-refractivity contribution in [3.05, 3.63) is 59.7 Å². The highest BCUT2D eigenvalue weighted by Crippen LogP contribution is 2.27. The minimum absolute atomic E-state index is 0.0338. The zero-order chi connectivity index (χ0) is 13.2. The summed E-state index contributed by atoms with van der Waals surface area (Å²) in [6, 6.07) is 14.3. The molecule has 19 heavy (non-hydrogen) atoms. The van der Waals surface area contributed by atoms with E-state index in [-0.39, 0.29) is 5.78 Å². The van der Waals surface area contributed by atoms with Crippen molar-refractivity contribution in [2.75, 3.05) is 5.73 Å². The van der Waals surface area contributed by atoms with Crippen LogP contribution in [-0.2, 0) is 0 Å². The molecule has 3 heteroatoms. The number of nitrogen functional groups attached to an aromatic ring is 1. The molecular formula is C16H15NO2. The SMILES string of the molecule is Nc1cccc(C(=O)c2cccc(OC3CC3)c2)c1. The van der Waals surface area contributed by atoms with Crippen LogP contribution in [0.3, 0.4) is 0 Å². The van der Waals surface area contributed by atoms with E-state index in [4.69, 9.17) is 10.5 Å². The standard InChI is InChI=1S/C16H15NO2/c17-13-5-1-3-11(9-13)16(18)12-4-2-6-15(10-12)19-14-7-8-14/h1-6,9-10,14H,7-8,17H2. The van der Waals surface area contributed by atoms with Crippen LogP contribution in [0.5, 0.6) is 5.75 Å². The summed E-state index contributed by atoms with van der Waals surface area (Å²) in [5.74, 6) is 0.728. The first-order valence-corrected chi connectivity index (χ1v) is 6.39. The molecule has 0 aromatic heterocycles. The summed E-state index contributed by atoms with van der Waals surface area (Å²) < 4.78 is 5.70. The molecule has 0 radical (unpaired) electrons. The van der Waals surface area contributed by atoms with Gasteiger partial charge in [0, 0.05) is 16.8 Å². The lowest BCUT2D eigenvalue weighted by molar-refractivity contribution is 0.103. The Balaban J connectivity index is 1.86. The number of carbonyl (C=O) groups is 1. The van der Waals surface area contributed by atoms with Crippen LogP contribution in [0.2, 0.25) is 0 Å². The predicted molar refractivity (Wildman–Crippen MR) is 74.4 cm³/mol. The molecule has 2 N–H and O–H groups in total. The number of ether oxygens (including phenoxy) is 1. The maximum atomic E-state index is 12.3. The molecule has 2 aromatic rings. The second kappa shape index (κ2) is 4.76. The zero-order valence-electron chi connectivity index (χ0n) is 10.5. The second-order valence-electron chi connectivity index (χ2n) is 4.80. The first-order chi connectivity index (χ1) is 9.22. The van der Waals surface area contributed by atoms with Gasteiger partial charge in [0.25, 0.3) is 0 Å². The first-order valence-electron chi connectivity index (χ1n) is 6.39. The van der Waals surface area contributed by atoms with Crippen molar-refractivity contribution in [2.24, 2.45) is 0 Å². The van der Waals surface area contributed by atoms with Crippen LogP contribution in [0.1, 0.15) is 28.8 Å². The fraction of sp³-hybridized carbons (Fsp3) is 0.188. The highest BCUT2D eigenvalue weighted by molar-refractivity contribution is 6.09. The van der Waals surface area contributed by atoms with Gasteiger partial charge in [-0.1, -0.05) is 24.3 Å². The molecule has 1 aliphatic rings. The second-order valence-corrected chi connectivity index (χ2v) is 4.80. The van der Waals surface area contributed by atoms with Crippen LogP contribution in [0.15, 0.2) is 48.5 Å². The van der Waals surface area contributed by atoms with Gasteiger partial charge in [-0.2, -0.15) is 0 Å². The molecule has 0 spiro atoms. The Morgan fingerprint density at radius 3 is 2.42 bits per heavy atom. The highest BCUT2D eigenvalue weighted by atomic mass is 16.5. The minimum Gasteiger partial charge on any atom is -0.490 e. The number of nitrogens with two attached hydrogens (primary N) is 1. The quantitative estimate of drug-likeness (QED) is 0.673. The third-order valence-corrected chi connectivity index (χ3v) is 3.07. The summed E-state index contributed by atoms with van der Waals surface area (Å²) in [4.78, 5) is 12.3. The maximum Gasteiger partial charge on any atom is 0.193 e. The predicted octanol–water partition coefficient (Wildman–Crippen LogP) is 3.04. The summed E-state index contributed by atoms with van der Waals surface area (Å²) in [6.07, 6.45) is 2.54. The van der Waals surface area contributed by atoms with E-state index in [1.807, 2.05) is 12.1 Å². The third-order valence-electron chi connectivity index (χ3n) is 3.07. The van der Waals surface area contributed by atoms with E-state index in [1.54, 1.807) is 36.4 Å². The largest absolute Gasteiger partial charge is 0.490 e. The fourth-order valence-electron chi connectivity index (χ4n) is 1.94. The van der Waals surface area contributed by atoms with Gasteiger partial charge in [0.1, 0.15) is 5.75 Å². The number of hydrogen-bond acceptors (Lipinski definition) is 3. The number of anilines is 1. The van der Waals surface area contributed by atoms with E-state index < -0.39 is 0 Å². The maximum absolute atomic E-state index is 12.3. The molecule has 0 unspecified atom stereocenters. The first kappa shape index (κ1) is 11.8. The Bertz CT molecular complexity index is 618. The topological polar surface area (TPSA) is 52.3 Å². The van der Waals surface area contributed by atoms with E-state index >= 15 is 0 Å². The molecule has 1 saturated carbocycles. The molecule has 96 valence electrons. The van der Waals surface area contributed by atoms with Crippen LogP contribution in [-0.4, -0.2) is 11.9 Å². The van der Waals surface area contributed by atoms with Gasteiger partial charge in [0.15, 0.2) is 5.78 Å². The molecule has 1 aliphatic carbocycles. The zero-order valence-corrected chi connectivity index (χ0v) is 10.5. The van der Waals surface area contributed by atoms with Gasteiger partial charge in [-0.3, -0.25) is 4.79 Å². The van der Waals surface area contributed by atoms with E-state index in [9.17, 15) is 4.79 Å². The van der Waals surface area contributed by atoms with Gasteiger partial charge in [0.2, 0.25) is 0 Å². The molecule has 0 heterocycles. The van der Waals surface area contributed by atoms with Crippen molar-refractivity contribution in [2.45, 2.75) is 18.9 Å². The minimum atomic E-state index is -0.0338. The van der Waals surface area contributed by atoms with Crippen molar-refractivity contribution < 1.29 is 9.53 Å². The Hall–Kier alpha value is -2.29. The Labute approximate surface area is 112 Å². The number of ketones is 1. The molecular weight excluding hydrogens is 238 g/mol. The molecule has 1 fully saturated rings. The molecule has 0 amide bonds. The lowest BCUT2D eigenvalue weighted by atomic mass is 10.0. The number of carbonyl (C=O) groups excluding carboxylic acids is 1. The molecule has 3 nitrogen and oxygen atoms in total. The van der Waals surface area contributed by atoms with Crippen LogP contribution in [0, 0.1) is 0 Å². The smallest absolute Gasteiger partial charge is 0.193 e. The average molecular weight is 253 g/mol. The summed E-state index contributed by atoms with van der Waals surface area (Å²) in [5, 5.41) is 0. The Morgan fingerprint density at radius 2 is 1.74 bits per heavy atom. The van der Waals surface area contributed by atoms with Crippen molar-refractivity contribution in [1.29, 1.82) is 0 Å². The van der Waals surface area contributed by atoms with Crippen molar-refractivity contribution in [3.8, 4) is 5.75 Å². The Kier molecular flexibility index (Phi) is 2.95. The summed E-state index contributed by atoms with van der Waals surface area (Å²) in [7, 11) is 0. The lowest BCUT2D eigenvalue weighted by Crippen LogP contribution is -2.03. The van der Waals surface area contributed by atoms with Gasteiger partial charge in [-0.15, -0.1) is 0 Å². The Morgan fingerprint density at radius 1 is 1.05 bits per heavy atom. The number of hydrogen-bond donors (Lipinski definition) is 1. The lowest BCUT2D eigenvalue weighted by Gasteiger charge is -2.07. The third kappa shape index (κ3) is 2.76. The molecule has 2 aromatic carbocycles. The monoisotopic (exact) mass is 253 g/mol. The van der Waals surface area contributed by atoms with Gasteiger partial charge in [0.05, 0.1) is 6.10 Å². The van der Waals surface area contributed by atoms with Gasteiger partial charge >= 0.3 is 0 Å². The summed E-state index contributed by atoms with van der Waals surface area (Å²) in [6.45, 7) is 0. The highest BCUT2D eigenvalue weighted by Gasteiger charge is 2.23. The molecule has 0 saturated heterocycles. The van der Waals surface area contributed by atoms with E-state index in [2.05, 4.69) is 0 Å². The van der Waals surface area contributed by atoms with Crippen molar-refractivity contribution in [3.63, 3.8) is 0 Å². The van der Waals surface area contributed by atoms with Crippen LogP contribution < -0.4 is 10.5 Å². The van der Waals surface area contributed by atoms with E-state index in [0.717, 1.165) is 18.6 Å². The molecule has 0 atom stereocenters. The molecule has 0 aliphatic heterocycles. The number of rotatable bonds is 4. The fourth-order valence-corrected chi connectivity index (χ4v) is 1.94. The summed E-state index contributed by atoms with van der Waals surface area (Å²) >= 11 is 0. The average Bonchev–Trinajstić information content (AvgIpc) is 3.22. The van der Waals surface area contributed by atoms with E-state index in [1.165, 1.54) is 0 Å². The van der Waals surface area contributed by atoms with Crippen molar-refractivity contribution in [1.82, 2.24) is 0 Å². The molecule has 0 bridgehead atoms. The van der Waals surface area contributed by atoms with Crippen LogP contribution in [0.4, 0.5) is 5.69 Å². The normalized spacial score (nSPS) is 14.1. The van der Waals surface area contributed by atoms with Gasteiger partial charge in [-0.25, -0.2) is 0 Å².